The molecule has 2 fully saturated rings. The Morgan fingerprint density at radius 1 is 1.07 bits per heavy atom. The third-order valence-corrected chi connectivity index (χ3v) is 7.98. The molecule has 2 aliphatic heterocycles. The molecule has 1 atom stereocenters. The topological polar surface area (TPSA) is 161 Å². The number of nitrogens with one attached hydrogen (secondary N) is 1. The van der Waals surface area contributed by atoms with Crippen molar-refractivity contribution in [2.45, 2.75) is 31.7 Å². The van der Waals surface area contributed by atoms with Crippen molar-refractivity contribution >= 4 is 34.4 Å². The van der Waals surface area contributed by atoms with Gasteiger partial charge in [0.05, 0.1) is 17.1 Å². The molecule has 3 aliphatic rings. The van der Waals surface area contributed by atoms with E-state index in [0.717, 1.165) is 25.7 Å². The van der Waals surface area contributed by atoms with Crippen LogP contribution < -0.4 is 20.5 Å². The molecular formula is C31H28N8O4. The predicted molar refractivity (Wildman–Crippen MR) is 157 cm³/mol. The van der Waals surface area contributed by atoms with Crippen molar-refractivity contribution < 1.29 is 19.1 Å². The standard InChI is InChI=1S/C31H28N8O4/c32-14-20(13-18-8-9-18)31(41)38-12-4-7-21(15-38)39-29-24(28(33)34-16-35-29)25(37-39)22-10-11-23(27-26(22)42-17-43-27)36-30(40)19-5-2-1-3-6-19/h1-3,5-6,10-11,13,16,18,21H,4,7-9,12,15,17H2,(H,36,40)(H2,33,34,35)/b20-13+/t21-/m1/s1. The highest BCUT2D eigenvalue weighted by Crippen LogP contribution is 2.48. The summed E-state index contributed by atoms with van der Waals surface area (Å²) in [6, 6.07) is 14.3. The zero-order valence-electron chi connectivity index (χ0n) is 23.2. The highest BCUT2D eigenvalue weighted by molar-refractivity contribution is 6.06. The van der Waals surface area contributed by atoms with Crippen LogP contribution in [0.3, 0.4) is 0 Å². The number of carbonyl (C=O) groups is 2. The zero-order chi connectivity index (χ0) is 29.5. The maximum Gasteiger partial charge on any atom is 0.264 e. The van der Waals surface area contributed by atoms with Crippen LogP contribution in [0.1, 0.15) is 42.1 Å². The number of amides is 2. The van der Waals surface area contributed by atoms with Gasteiger partial charge in [-0.25, -0.2) is 14.6 Å². The van der Waals surface area contributed by atoms with Gasteiger partial charge in [0, 0.05) is 24.2 Å². The Balaban J connectivity index is 1.24. The Hall–Kier alpha value is -5.44. The van der Waals surface area contributed by atoms with Gasteiger partial charge in [0.1, 0.15) is 29.5 Å². The molecular weight excluding hydrogens is 548 g/mol. The van der Waals surface area contributed by atoms with Crippen LogP contribution in [-0.4, -0.2) is 56.3 Å². The number of nitrogen functional groups attached to an aromatic ring is 1. The number of piperidine rings is 1. The number of nitriles is 1. The molecule has 0 bridgehead atoms. The average molecular weight is 577 g/mol. The lowest BCUT2D eigenvalue weighted by molar-refractivity contribution is -0.128. The van der Waals surface area contributed by atoms with Crippen LogP contribution >= 0.6 is 0 Å². The van der Waals surface area contributed by atoms with Gasteiger partial charge in [-0.3, -0.25) is 9.59 Å². The average Bonchev–Trinajstić information content (AvgIpc) is 3.56. The first-order valence-corrected chi connectivity index (χ1v) is 14.2. The fraction of sp³-hybridized carbons (Fsp3) is 0.290. The van der Waals surface area contributed by atoms with Crippen molar-refractivity contribution in [1.82, 2.24) is 24.6 Å². The lowest BCUT2D eigenvalue weighted by Gasteiger charge is -2.32. The summed E-state index contributed by atoms with van der Waals surface area (Å²) in [5, 5.41) is 18.1. The first-order valence-electron chi connectivity index (χ1n) is 14.2. The van der Waals surface area contributed by atoms with Crippen molar-refractivity contribution in [3.05, 3.63) is 66.0 Å². The van der Waals surface area contributed by atoms with Gasteiger partial charge in [-0.1, -0.05) is 24.3 Å². The fourth-order valence-corrected chi connectivity index (χ4v) is 5.67. The van der Waals surface area contributed by atoms with E-state index in [1.54, 1.807) is 52.1 Å². The number of aromatic nitrogens is 4. The maximum absolute atomic E-state index is 13.2. The largest absolute Gasteiger partial charge is 0.453 e. The van der Waals surface area contributed by atoms with Gasteiger partial charge in [0.25, 0.3) is 11.8 Å². The van der Waals surface area contributed by atoms with E-state index in [1.165, 1.54) is 6.33 Å². The Bertz CT molecular complexity index is 1820. The maximum atomic E-state index is 13.2. The Labute approximate surface area is 246 Å². The summed E-state index contributed by atoms with van der Waals surface area (Å²) in [5.74, 6) is 0.860. The Morgan fingerprint density at radius 2 is 1.88 bits per heavy atom. The van der Waals surface area contributed by atoms with Crippen molar-refractivity contribution in [2.75, 3.05) is 30.9 Å². The lowest BCUT2D eigenvalue weighted by atomic mass is 10.0. The van der Waals surface area contributed by atoms with Crippen LogP contribution in [0, 0.1) is 17.2 Å². The predicted octanol–water partition coefficient (Wildman–Crippen LogP) is 4.08. The van der Waals surface area contributed by atoms with E-state index in [1.807, 2.05) is 6.07 Å². The molecule has 2 aromatic carbocycles. The number of carbonyl (C=O) groups excluding carboxylic acids is 2. The van der Waals surface area contributed by atoms with Crippen molar-refractivity contribution in [3.8, 4) is 28.8 Å². The molecule has 1 aliphatic carbocycles. The third kappa shape index (κ3) is 4.88. The minimum Gasteiger partial charge on any atom is -0.453 e. The molecule has 0 radical (unpaired) electrons. The zero-order valence-corrected chi connectivity index (χ0v) is 23.2. The summed E-state index contributed by atoms with van der Waals surface area (Å²) in [6.45, 7) is 0.919. The fourth-order valence-electron chi connectivity index (χ4n) is 5.67. The molecule has 0 unspecified atom stereocenters. The molecule has 216 valence electrons. The molecule has 2 amide bonds. The summed E-state index contributed by atoms with van der Waals surface area (Å²) >= 11 is 0. The van der Waals surface area contributed by atoms with E-state index in [0.29, 0.717) is 64.0 Å². The number of hydrogen-bond acceptors (Lipinski definition) is 9. The first-order chi connectivity index (χ1) is 21.0. The Morgan fingerprint density at radius 3 is 2.67 bits per heavy atom. The first kappa shape index (κ1) is 26.5. The normalized spacial score (nSPS) is 18.0. The van der Waals surface area contributed by atoms with Crippen LogP contribution in [-0.2, 0) is 4.79 Å². The van der Waals surface area contributed by atoms with Gasteiger partial charge >= 0.3 is 0 Å². The summed E-state index contributed by atoms with van der Waals surface area (Å²) < 4.78 is 13.5. The number of hydrogen-bond donors (Lipinski definition) is 2. The van der Waals surface area contributed by atoms with Crippen LogP contribution in [0.5, 0.6) is 11.5 Å². The SMILES string of the molecule is N#C/C(=C\C1CC1)C(=O)N1CCC[C@@H](n2nc(-c3ccc(NC(=O)c4ccccc4)c4c3OCO4)c3c(N)ncnc32)C1. The quantitative estimate of drug-likeness (QED) is 0.254. The number of fused-ring (bicyclic) bond motifs is 2. The summed E-state index contributed by atoms with van der Waals surface area (Å²) in [7, 11) is 0. The molecule has 0 spiro atoms. The second-order valence-electron chi connectivity index (χ2n) is 10.9. The number of nitrogens with zero attached hydrogens (tertiary/aromatic N) is 6. The number of likely N-dealkylation sites (tertiary alicyclic amines) is 1. The number of rotatable bonds is 6. The highest BCUT2D eigenvalue weighted by Gasteiger charge is 2.33. The molecule has 43 heavy (non-hydrogen) atoms. The molecule has 2 aromatic heterocycles. The monoisotopic (exact) mass is 576 g/mol. The molecule has 12 nitrogen and oxygen atoms in total. The smallest absolute Gasteiger partial charge is 0.264 e. The Kier molecular flexibility index (Phi) is 6.62. The van der Waals surface area contributed by atoms with Crippen molar-refractivity contribution in [3.63, 3.8) is 0 Å². The number of allylic oxidation sites excluding steroid dienone is 1. The van der Waals surface area contributed by atoms with Crippen LogP contribution in [0.2, 0.25) is 0 Å². The van der Waals surface area contributed by atoms with E-state index in [-0.39, 0.29) is 36.0 Å². The molecule has 7 rings (SSSR count). The van der Waals surface area contributed by atoms with Gasteiger partial charge in [0.2, 0.25) is 6.79 Å². The van der Waals surface area contributed by atoms with Crippen LogP contribution in [0.25, 0.3) is 22.3 Å². The van der Waals surface area contributed by atoms with Crippen LogP contribution in [0.4, 0.5) is 11.5 Å². The van der Waals surface area contributed by atoms with Gasteiger partial charge in [0.15, 0.2) is 17.1 Å². The van der Waals surface area contributed by atoms with Gasteiger partial charge in [-0.15, -0.1) is 0 Å². The molecule has 1 saturated heterocycles. The molecule has 4 aromatic rings. The second-order valence-corrected chi connectivity index (χ2v) is 10.9. The van der Waals surface area contributed by atoms with E-state index in [4.69, 9.17) is 20.3 Å². The molecule has 3 N–H and O–H groups in total. The summed E-state index contributed by atoms with van der Waals surface area (Å²) in [5.41, 5.74) is 9.21. The summed E-state index contributed by atoms with van der Waals surface area (Å²) in [6.07, 6.45) is 6.74. The molecule has 4 heterocycles. The van der Waals surface area contributed by atoms with Crippen molar-refractivity contribution in [2.24, 2.45) is 5.92 Å². The van der Waals surface area contributed by atoms with E-state index < -0.39 is 0 Å². The van der Waals surface area contributed by atoms with E-state index in [2.05, 4.69) is 21.4 Å². The van der Waals surface area contributed by atoms with Gasteiger partial charge in [-0.2, -0.15) is 10.4 Å². The highest BCUT2D eigenvalue weighted by atomic mass is 16.7. The lowest BCUT2D eigenvalue weighted by Crippen LogP contribution is -2.41. The number of benzene rings is 2. The van der Waals surface area contributed by atoms with Crippen LogP contribution in [0.15, 0.2) is 60.4 Å². The summed E-state index contributed by atoms with van der Waals surface area (Å²) in [4.78, 5) is 36.6. The third-order valence-electron chi connectivity index (χ3n) is 7.98. The second kappa shape index (κ2) is 10.8. The minimum atomic E-state index is -0.277. The number of anilines is 2. The van der Waals surface area contributed by atoms with E-state index >= 15 is 0 Å². The minimum absolute atomic E-state index is 0.0273. The number of ether oxygens (including phenoxy) is 2. The van der Waals surface area contributed by atoms with Gasteiger partial charge < -0.3 is 25.4 Å². The van der Waals surface area contributed by atoms with Crippen molar-refractivity contribution in [1.29, 1.82) is 5.26 Å². The molecule has 1 saturated carbocycles. The van der Waals surface area contributed by atoms with E-state index in [9.17, 15) is 14.9 Å². The van der Waals surface area contributed by atoms with Gasteiger partial charge in [-0.05, 0) is 55.9 Å². The molecule has 12 heteroatoms. The number of nitrogens with two attached hydrogens (primary N) is 1.